The number of carbonyl (C=O) groups excluding carboxylic acids is 2. The van der Waals surface area contributed by atoms with Gasteiger partial charge in [-0.1, -0.05) is 18.7 Å². The zero-order valence-corrected chi connectivity index (χ0v) is 13.2. The molecule has 1 saturated heterocycles. The van der Waals surface area contributed by atoms with Gasteiger partial charge in [0, 0.05) is 12.6 Å². The first-order valence-corrected chi connectivity index (χ1v) is 8.08. The van der Waals surface area contributed by atoms with Gasteiger partial charge in [-0.2, -0.15) is 0 Å². The van der Waals surface area contributed by atoms with Gasteiger partial charge in [-0.25, -0.2) is 9.97 Å². The van der Waals surface area contributed by atoms with Crippen molar-refractivity contribution in [3.63, 3.8) is 0 Å². The lowest BCUT2D eigenvalue weighted by molar-refractivity contribution is -0.132. The fourth-order valence-electron chi connectivity index (χ4n) is 2.24. The van der Waals surface area contributed by atoms with E-state index in [-0.39, 0.29) is 24.4 Å². The maximum Gasteiger partial charge on any atom is 0.249 e. The monoisotopic (exact) mass is 309 g/mol. The van der Waals surface area contributed by atoms with Crippen LogP contribution < -0.4 is 15.5 Å². The van der Waals surface area contributed by atoms with Crippen molar-refractivity contribution in [2.45, 2.75) is 31.5 Å². The van der Waals surface area contributed by atoms with Crippen LogP contribution in [-0.4, -0.2) is 47.2 Å². The van der Waals surface area contributed by atoms with E-state index in [1.807, 2.05) is 20.1 Å². The van der Waals surface area contributed by atoms with Crippen LogP contribution in [0.4, 0.5) is 11.6 Å². The van der Waals surface area contributed by atoms with Gasteiger partial charge in [0.05, 0.1) is 6.54 Å². The zero-order chi connectivity index (χ0) is 15.4. The largest absolute Gasteiger partial charge is 0.370 e. The average molecular weight is 309 g/mol. The van der Waals surface area contributed by atoms with Crippen molar-refractivity contribution in [3.8, 4) is 0 Å². The predicted molar refractivity (Wildman–Crippen MR) is 82.6 cm³/mol. The summed E-state index contributed by atoms with van der Waals surface area (Å²) >= 11 is 1.42. The minimum absolute atomic E-state index is 0.126. The van der Waals surface area contributed by atoms with Gasteiger partial charge in [-0.3, -0.25) is 14.9 Å². The number of rotatable bonds is 5. The number of carbonyl (C=O) groups is 2. The fourth-order valence-corrected chi connectivity index (χ4v) is 2.61. The van der Waals surface area contributed by atoms with E-state index in [2.05, 4.69) is 20.6 Å². The first-order valence-electron chi connectivity index (χ1n) is 6.86. The number of anilines is 2. The number of hydrogen-bond donors (Lipinski definition) is 2. The lowest BCUT2D eigenvalue weighted by atomic mass is 10.1. The molecule has 0 aromatic carbocycles. The lowest BCUT2D eigenvalue weighted by Gasteiger charge is -2.34. The summed E-state index contributed by atoms with van der Waals surface area (Å²) in [6.07, 6.45) is 2.49. The van der Waals surface area contributed by atoms with Gasteiger partial charge in [0.2, 0.25) is 11.8 Å². The Balaban J connectivity index is 2.39. The number of piperazine rings is 1. The van der Waals surface area contributed by atoms with Gasteiger partial charge in [0.25, 0.3) is 0 Å². The molecule has 8 heteroatoms. The van der Waals surface area contributed by atoms with Crippen LogP contribution in [0.3, 0.4) is 0 Å². The molecule has 1 fully saturated rings. The first-order chi connectivity index (χ1) is 10.1. The molecular weight excluding hydrogens is 290 g/mol. The SMILES string of the molecule is CCNc1cc(N2CC(=O)NC(=O)C2CC)nc(SC)n1. The third-order valence-electron chi connectivity index (χ3n) is 3.17. The molecule has 0 aliphatic carbocycles. The van der Waals surface area contributed by atoms with Crippen molar-refractivity contribution in [2.75, 3.05) is 29.6 Å². The third-order valence-corrected chi connectivity index (χ3v) is 3.72. The van der Waals surface area contributed by atoms with E-state index in [1.165, 1.54) is 11.8 Å². The summed E-state index contributed by atoms with van der Waals surface area (Å²) in [6.45, 7) is 4.75. The molecule has 1 unspecified atom stereocenters. The van der Waals surface area contributed by atoms with Crippen LogP contribution in [0, 0.1) is 0 Å². The molecule has 1 aliphatic rings. The van der Waals surface area contributed by atoms with Crippen LogP contribution in [0.5, 0.6) is 0 Å². The topological polar surface area (TPSA) is 87.2 Å². The minimum atomic E-state index is -0.387. The second kappa shape index (κ2) is 6.75. The molecule has 7 nitrogen and oxygen atoms in total. The van der Waals surface area contributed by atoms with E-state index >= 15 is 0 Å². The summed E-state index contributed by atoms with van der Waals surface area (Å²) in [7, 11) is 0. The molecule has 2 N–H and O–H groups in total. The van der Waals surface area contributed by atoms with Crippen molar-refractivity contribution in [2.24, 2.45) is 0 Å². The van der Waals surface area contributed by atoms with E-state index in [9.17, 15) is 9.59 Å². The molecule has 1 aromatic rings. The molecule has 114 valence electrons. The second-order valence-corrected chi connectivity index (χ2v) is 5.37. The molecule has 21 heavy (non-hydrogen) atoms. The Morgan fingerprint density at radius 1 is 1.43 bits per heavy atom. The smallest absolute Gasteiger partial charge is 0.249 e. The Morgan fingerprint density at radius 3 is 2.81 bits per heavy atom. The normalized spacial score (nSPS) is 18.6. The van der Waals surface area contributed by atoms with Crippen LogP contribution in [0.25, 0.3) is 0 Å². The highest BCUT2D eigenvalue weighted by Gasteiger charge is 2.33. The number of imide groups is 1. The number of nitrogens with one attached hydrogen (secondary N) is 2. The highest BCUT2D eigenvalue weighted by Crippen LogP contribution is 2.24. The summed E-state index contributed by atoms with van der Waals surface area (Å²) in [5, 5.41) is 6.11. The third kappa shape index (κ3) is 3.44. The van der Waals surface area contributed by atoms with Gasteiger partial charge < -0.3 is 10.2 Å². The van der Waals surface area contributed by atoms with Crippen LogP contribution >= 0.6 is 11.8 Å². The standard InChI is InChI=1S/C13H19N5O2S/c1-4-8-12(20)17-11(19)7-18(8)10-6-9(14-5-2)15-13(16-10)21-3/h6,8H,4-5,7H2,1-3H3,(H,14,15,16)(H,17,19,20). The molecule has 0 saturated carbocycles. The molecule has 2 rings (SSSR count). The van der Waals surface area contributed by atoms with Crippen LogP contribution in [0.15, 0.2) is 11.2 Å². The van der Waals surface area contributed by atoms with Gasteiger partial charge in [-0.05, 0) is 19.6 Å². The number of nitrogens with zero attached hydrogens (tertiary/aromatic N) is 3. The van der Waals surface area contributed by atoms with Crippen LogP contribution in [0.1, 0.15) is 20.3 Å². The maximum atomic E-state index is 11.9. The maximum absolute atomic E-state index is 11.9. The van der Waals surface area contributed by atoms with E-state index < -0.39 is 0 Å². The Bertz CT molecular complexity index is 551. The summed E-state index contributed by atoms with van der Waals surface area (Å²) in [4.78, 5) is 34.1. The number of aromatic nitrogens is 2. The summed E-state index contributed by atoms with van der Waals surface area (Å²) in [5.74, 6) is 0.711. The average Bonchev–Trinajstić information content (AvgIpc) is 2.46. The summed E-state index contributed by atoms with van der Waals surface area (Å²) in [6, 6.07) is 1.39. The van der Waals surface area contributed by atoms with E-state index in [0.717, 1.165) is 6.54 Å². The van der Waals surface area contributed by atoms with Gasteiger partial charge >= 0.3 is 0 Å². The highest BCUT2D eigenvalue weighted by atomic mass is 32.2. The molecule has 1 aliphatic heterocycles. The molecule has 1 atom stereocenters. The molecular formula is C13H19N5O2S. The molecule has 2 amide bonds. The van der Waals surface area contributed by atoms with Crippen LogP contribution in [0.2, 0.25) is 0 Å². The van der Waals surface area contributed by atoms with E-state index in [1.54, 1.807) is 11.0 Å². The summed E-state index contributed by atoms with van der Waals surface area (Å²) in [5.41, 5.74) is 0. The van der Waals surface area contributed by atoms with Crippen molar-refractivity contribution >= 4 is 35.2 Å². The van der Waals surface area contributed by atoms with Gasteiger partial charge in [0.15, 0.2) is 5.16 Å². The number of thioether (sulfide) groups is 1. The van der Waals surface area contributed by atoms with Crippen LogP contribution in [-0.2, 0) is 9.59 Å². The molecule has 2 heterocycles. The zero-order valence-electron chi connectivity index (χ0n) is 12.3. The highest BCUT2D eigenvalue weighted by molar-refractivity contribution is 7.98. The predicted octanol–water partition coefficient (Wildman–Crippen LogP) is 0.872. The lowest BCUT2D eigenvalue weighted by Crippen LogP contribution is -2.58. The number of amides is 2. The Kier molecular flexibility index (Phi) is 5.00. The quantitative estimate of drug-likeness (QED) is 0.474. The van der Waals surface area contributed by atoms with Crippen molar-refractivity contribution in [3.05, 3.63) is 6.07 Å². The molecule has 0 spiro atoms. The second-order valence-electron chi connectivity index (χ2n) is 4.59. The Labute approximate surface area is 127 Å². The minimum Gasteiger partial charge on any atom is -0.370 e. The van der Waals surface area contributed by atoms with Crippen molar-refractivity contribution in [1.29, 1.82) is 0 Å². The van der Waals surface area contributed by atoms with Gasteiger partial charge in [-0.15, -0.1) is 0 Å². The van der Waals surface area contributed by atoms with Gasteiger partial charge in [0.1, 0.15) is 17.7 Å². The first kappa shape index (κ1) is 15.6. The molecule has 0 radical (unpaired) electrons. The Hall–Kier alpha value is -1.83. The fraction of sp³-hybridized carbons (Fsp3) is 0.538. The van der Waals surface area contributed by atoms with Crippen molar-refractivity contribution in [1.82, 2.24) is 15.3 Å². The van der Waals surface area contributed by atoms with E-state index in [4.69, 9.17) is 0 Å². The summed E-state index contributed by atoms with van der Waals surface area (Å²) < 4.78 is 0. The molecule has 1 aromatic heterocycles. The van der Waals surface area contributed by atoms with Crippen molar-refractivity contribution < 1.29 is 9.59 Å². The molecule has 0 bridgehead atoms. The van der Waals surface area contributed by atoms with E-state index in [0.29, 0.717) is 23.2 Å². The Morgan fingerprint density at radius 2 is 2.19 bits per heavy atom. The number of hydrogen-bond acceptors (Lipinski definition) is 7.